The van der Waals surface area contributed by atoms with Gasteiger partial charge in [0.2, 0.25) is 0 Å². The summed E-state index contributed by atoms with van der Waals surface area (Å²) in [5.41, 5.74) is 0.843. The van der Waals surface area contributed by atoms with E-state index in [0.717, 1.165) is 30.6 Å². The van der Waals surface area contributed by atoms with Crippen molar-refractivity contribution in [2.24, 2.45) is 5.92 Å². The van der Waals surface area contributed by atoms with Gasteiger partial charge >= 0.3 is 6.09 Å². The number of pyridine rings is 1. The summed E-state index contributed by atoms with van der Waals surface area (Å²) < 4.78 is 11.3. The minimum atomic E-state index is -0.312. The highest BCUT2D eigenvalue weighted by Gasteiger charge is 2.43. The molecular weight excluding hydrogens is 316 g/mol. The molecule has 1 aromatic heterocycles. The van der Waals surface area contributed by atoms with Gasteiger partial charge in [-0.15, -0.1) is 0 Å². The molecule has 3 heterocycles. The van der Waals surface area contributed by atoms with Crippen molar-refractivity contribution < 1.29 is 14.3 Å². The molecule has 1 amide bonds. The standard InChI is InChI=1S/C17H21ClN2O3/c1-11(2)22-16(21)20-6-4-13(5-7-20)17(3)9-12-8-15(18)19-10-14(12)23-17/h8,10,13H,1,4-7,9H2,2-3H3. The molecule has 1 atom stereocenters. The first kappa shape index (κ1) is 16.1. The van der Waals surface area contributed by atoms with Crippen LogP contribution in [0, 0.1) is 5.92 Å². The zero-order chi connectivity index (χ0) is 16.6. The first-order valence-corrected chi connectivity index (χ1v) is 8.21. The third kappa shape index (κ3) is 3.29. The van der Waals surface area contributed by atoms with Gasteiger partial charge in [-0.05, 0) is 32.8 Å². The molecule has 2 aliphatic heterocycles. The van der Waals surface area contributed by atoms with Gasteiger partial charge in [0.15, 0.2) is 0 Å². The monoisotopic (exact) mass is 336 g/mol. The van der Waals surface area contributed by atoms with E-state index in [-0.39, 0.29) is 11.7 Å². The van der Waals surface area contributed by atoms with Crippen LogP contribution in [-0.4, -0.2) is 34.7 Å². The first-order chi connectivity index (χ1) is 10.9. The number of rotatable bonds is 2. The number of amides is 1. The maximum Gasteiger partial charge on any atom is 0.414 e. The second kappa shape index (κ2) is 6.04. The third-order valence-corrected chi connectivity index (χ3v) is 4.88. The fraction of sp³-hybridized carbons (Fsp3) is 0.529. The fourth-order valence-corrected chi connectivity index (χ4v) is 3.65. The maximum absolute atomic E-state index is 11.9. The average molecular weight is 337 g/mol. The third-order valence-electron chi connectivity index (χ3n) is 4.68. The van der Waals surface area contributed by atoms with Crippen molar-refractivity contribution in [2.45, 2.75) is 38.7 Å². The van der Waals surface area contributed by atoms with Gasteiger partial charge in [-0.1, -0.05) is 18.2 Å². The van der Waals surface area contributed by atoms with E-state index in [4.69, 9.17) is 21.1 Å². The van der Waals surface area contributed by atoms with Gasteiger partial charge in [0, 0.05) is 31.0 Å². The van der Waals surface area contributed by atoms with Crippen LogP contribution in [0.25, 0.3) is 0 Å². The molecule has 0 spiro atoms. The molecule has 1 fully saturated rings. The zero-order valence-electron chi connectivity index (χ0n) is 13.5. The second-order valence-electron chi connectivity index (χ2n) is 6.54. The lowest BCUT2D eigenvalue weighted by Gasteiger charge is -2.39. The summed E-state index contributed by atoms with van der Waals surface area (Å²) in [6, 6.07) is 1.88. The number of hydrogen-bond acceptors (Lipinski definition) is 4. The van der Waals surface area contributed by atoms with Gasteiger partial charge in [0.05, 0.1) is 12.0 Å². The highest BCUT2D eigenvalue weighted by molar-refractivity contribution is 6.29. The van der Waals surface area contributed by atoms with Crippen LogP contribution < -0.4 is 4.74 Å². The van der Waals surface area contributed by atoms with Crippen LogP contribution in [0.15, 0.2) is 24.6 Å². The zero-order valence-corrected chi connectivity index (χ0v) is 14.2. The van der Waals surface area contributed by atoms with Crippen molar-refractivity contribution in [3.05, 3.63) is 35.3 Å². The predicted octanol–water partition coefficient (Wildman–Crippen LogP) is 3.81. The summed E-state index contributed by atoms with van der Waals surface area (Å²) in [5, 5.41) is 0.494. The Morgan fingerprint density at radius 2 is 2.22 bits per heavy atom. The molecule has 0 aliphatic carbocycles. The molecule has 6 heteroatoms. The van der Waals surface area contributed by atoms with E-state index < -0.39 is 0 Å². The normalized spacial score (nSPS) is 24.0. The molecule has 0 bridgehead atoms. The Morgan fingerprint density at radius 3 is 2.87 bits per heavy atom. The van der Waals surface area contributed by atoms with Crippen LogP contribution in [0.2, 0.25) is 5.15 Å². The summed E-state index contributed by atoms with van der Waals surface area (Å²) >= 11 is 5.97. The van der Waals surface area contributed by atoms with Crippen molar-refractivity contribution >= 4 is 17.7 Å². The Morgan fingerprint density at radius 1 is 1.52 bits per heavy atom. The number of aromatic nitrogens is 1. The molecule has 0 radical (unpaired) electrons. The molecular formula is C17H21ClN2O3. The minimum absolute atomic E-state index is 0.265. The Bertz CT molecular complexity index is 641. The van der Waals surface area contributed by atoms with Crippen LogP contribution in [0.3, 0.4) is 0 Å². The molecule has 23 heavy (non-hydrogen) atoms. The van der Waals surface area contributed by atoms with E-state index in [0.29, 0.717) is 29.9 Å². The number of carbonyl (C=O) groups excluding carboxylic acids is 1. The number of likely N-dealkylation sites (tertiary alicyclic amines) is 1. The molecule has 3 rings (SSSR count). The van der Waals surface area contributed by atoms with Gasteiger partial charge in [-0.25, -0.2) is 9.78 Å². The van der Waals surface area contributed by atoms with E-state index in [1.807, 2.05) is 6.07 Å². The highest BCUT2D eigenvalue weighted by atomic mass is 35.5. The van der Waals surface area contributed by atoms with E-state index in [9.17, 15) is 4.79 Å². The number of piperidine rings is 1. The molecule has 0 N–H and O–H groups in total. The molecule has 0 aromatic carbocycles. The van der Waals surface area contributed by atoms with E-state index in [1.54, 1.807) is 18.0 Å². The van der Waals surface area contributed by atoms with Crippen LogP contribution in [0.4, 0.5) is 4.79 Å². The lowest BCUT2D eigenvalue weighted by atomic mass is 9.79. The minimum Gasteiger partial charge on any atom is -0.485 e. The van der Waals surface area contributed by atoms with Crippen LogP contribution >= 0.6 is 11.6 Å². The van der Waals surface area contributed by atoms with Crippen molar-refractivity contribution in [3.63, 3.8) is 0 Å². The molecule has 1 saturated heterocycles. The first-order valence-electron chi connectivity index (χ1n) is 7.83. The largest absolute Gasteiger partial charge is 0.485 e. The summed E-state index contributed by atoms with van der Waals surface area (Å²) in [6.45, 7) is 8.75. The molecule has 1 unspecified atom stereocenters. The van der Waals surface area contributed by atoms with Gasteiger partial charge < -0.3 is 14.4 Å². The van der Waals surface area contributed by atoms with E-state index in [1.165, 1.54) is 0 Å². The quantitative estimate of drug-likeness (QED) is 0.608. The number of hydrogen-bond donors (Lipinski definition) is 0. The molecule has 5 nitrogen and oxygen atoms in total. The number of nitrogens with zero attached hydrogens (tertiary/aromatic N) is 2. The smallest absolute Gasteiger partial charge is 0.414 e. The van der Waals surface area contributed by atoms with E-state index in [2.05, 4.69) is 18.5 Å². The maximum atomic E-state index is 11.9. The Hall–Kier alpha value is -1.75. The number of allylic oxidation sites excluding steroid dienone is 1. The van der Waals surface area contributed by atoms with Crippen molar-refractivity contribution in [1.29, 1.82) is 0 Å². The van der Waals surface area contributed by atoms with Crippen molar-refractivity contribution in [2.75, 3.05) is 13.1 Å². The highest BCUT2D eigenvalue weighted by Crippen LogP contribution is 2.42. The summed E-state index contributed by atoms with van der Waals surface area (Å²) in [7, 11) is 0. The number of halogens is 1. The summed E-state index contributed by atoms with van der Waals surface area (Å²) in [5.74, 6) is 1.62. The van der Waals surface area contributed by atoms with Crippen LogP contribution in [0.5, 0.6) is 5.75 Å². The second-order valence-corrected chi connectivity index (χ2v) is 6.92. The van der Waals surface area contributed by atoms with Crippen molar-refractivity contribution in [3.8, 4) is 5.75 Å². The van der Waals surface area contributed by atoms with E-state index >= 15 is 0 Å². The van der Waals surface area contributed by atoms with Gasteiger partial charge in [0.1, 0.15) is 16.5 Å². The summed E-state index contributed by atoms with van der Waals surface area (Å²) in [6.07, 6.45) is 3.98. The van der Waals surface area contributed by atoms with Gasteiger partial charge in [0.25, 0.3) is 0 Å². The number of carbonyl (C=O) groups is 1. The molecule has 124 valence electrons. The SMILES string of the molecule is C=C(C)OC(=O)N1CCC(C2(C)Cc3cc(Cl)ncc3O2)CC1. The number of ether oxygens (including phenoxy) is 2. The topological polar surface area (TPSA) is 51.7 Å². The molecule has 2 aliphatic rings. The predicted molar refractivity (Wildman–Crippen MR) is 87.6 cm³/mol. The average Bonchev–Trinajstić information content (AvgIpc) is 2.83. The number of fused-ring (bicyclic) bond motifs is 1. The van der Waals surface area contributed by atoms with Crippen LogP contribution in [0.1, 0.15) is 32.3 Å². The Labute approximate surface area is 141 Å². The Kier molecular flexibility index (Phi) is 4.23. The van der Waals surface area contributed by atoms with Gasteiger partial charge in [-0.3, -0.25) is 0 Å². The lowest BCUT2D eigenvalue weighted by molar-refractivity contribution is 0.0117. The lowest BCUT2D eigenvalue weighted by Crippen LogP contribution is -2.47. The van der Waals surface area contributed by atoms with Crippen LogP contribution in [-0.2, 0) is 11.2 Å². The fourth-order valence-electron chi connectivity index (χ4n) is 3.46. The Balaban J connectivity index is 1.62. The van der Waals surface area contributed by atoms with Gasteiger partial charge in [-0.2, -0.15) is 0 Å². The van der Waals surface area contributed by atoms with Crippen molar-refractivity contribution in [1.82, 2.24) is 9.88 Å². The molecule has 1 aromatic rings. The molecule has 0 saturated carbocycles. The summed E-state index contributed by atoms with van der Waals surface area (Å²) in [4.78, 5) is 17.7.